The molecule has 0 aliphatic heterocycles. The highest BCUT2D eigenvalue weighted by molar-refractivity contribution is 5.58. The van der Waals surface area contributed by atoms with Gasteiger partial charge in [-0.05, 0) is 18.2 Å². The molecule has 0 saturated carbocycles. The minimum absolute atomic E-state index is 0.330. The summed E-state index contributed by atoms with van der Waals surface area (Å²) in [7, 11) is 1.60. The van der Waals surface area contributed by atoms with Crippen molar-refractivity contribution < 1.29 is 4.74 Å². The number of anilines is 1. The number of hydrogen-bond donors (Lipinski definition) is 2. The SMILES string of the molecule is COc1ccc(N)c(C#CCN)c1. The van der Waals surface area contributed by atoms with Gasteiger partial charge in [-0.15, -0.1) is 0 Å². The molecule has 1 aromatic rings. The zero-order chi connectivity index (χ0) is 9.68. The first-order chi connectivity index (χ1) is 6.27. The van der Waals surface area contributed by atoms with Crippen LogP contribution in [0.25, 0.3) is 0 Å². The van der Waals surface area contributed by atoms with Gasteiger partial charge in [0.1, 0.15) is 5.75 Å². The van der Waals surface area contributed by atoms with E-state index in [0.717, 1.165) is 11.3 Å². The number of nitrogens with two attached hydrogens (primary N) is 2. The van der Waals surface area contributed by atoms with E-state index in [1.54, 1.807) is 25.3 Å². The minimum Gasteiger partial charge on any atom is -0.497 e. The molecule has 0 bridgehead atoms. The van der Waals surface area contributed by atoms with Crippen LogP contribution in [0.2, 0.25) is 0 Å². The third-order valence-corrected chi connectivity index (χ3v) is 1.59. The summed E-state index contributed by atoms with van der Waals surface area (Å²) in [6.45, 7) is 0.330. The minimum atomic E-state index is 0.330. The highest BCUT2D eigenvalue weighted by atomic mass is 16.5. The summed E-state index contributed by atoms with van der Waals surface area (Å²) < 4.78 is 5.04. The topological polar surface area (TPSA) is 61.3 Å². The molecule has 0 aliphatic rings. The quantitative estimate of drug-likeness (QED) is 0.486. The van der Waals surface area contributed by atoms with Gasteiger partial charge < -0.3 is 16.2 Å². The lowest BCUT2D eigenvalue weighted by Gasteiger charge is -2.02. The molecule has 0 fully saturated rings. The molecule has 13 heavy (non-hydrogen) atoms. The van der Waals surface area contributed by atoms with E-state index in [4.69, 9.17) is 16.2 Å². The second-order valence-electron chi connectivity index (χ2n) is 2.46. The zero-order valence-electron chi connectivity index (χ0n) is 7.50. The molecule has 68 valence electrons. The molecule has 0 radical (unpaired) electrons. The molecule has 0 spiro atoms. The molecule has 0 aliphatic carbocycles. The van der Waals surface area contributed by atoms with E-state index >= 15 is 0 Å². The molecule has 0 amide bonds. The number of rotatable bonds is 1. The van der Waals surface area contributed by atoms with E-state index in [1.165, 1.54) is 0 Å². The van der Waals surface area contributed by atoms with Crippen LogP contribution in [0.3, 0.4) is 0 Å². The average Bonchev–Trinajstić information content (AvgIpc) is 2.17. The van der Waals surface area contributed by atoms with Crippen LogP contribution >= 0.6 is 0 Å². The lowest BCUT2D eigenvalue weighted by molar-refractivity contribution is 0.415. The van der Waals surface area contributed by atoms with Crippen molar-refractivity contribution in [2.75, 3.05) is 19.4 Å². The highest BCUT2D eigenvalue weighted by Gasteiger charge is 1.97. The second-order valence-corrected chi connectivity index (χ2v) is 2.46. The predicted octanol–water partition coefficient (Wildman–Crippen LogP) is 0.588. The van der Waals surface area contributed by atoms with Crippen molar-refractivity contribution in [1.82, 2.24) is 0 Å². The van der Waals surface area contributed by atoms with E-state index in [1.807, 2.05) is 0 Å². The summed E-state index contributed by atoms with van der Waals surface area (Å²) in [5, 5.41) is 0. The molecule has 3 nitrogen and oxygen atoms in total. The lowest BCUT2D eigenvalue weighted by atomic mass is 10.2. The van der Waals surface area contributed by atoms with Crippen LogP contribution in [-0.4, -0.2) is 13.7 Å². The Balaban J connectivity index is 3.04. The fraction of sp³-hybridized carbons (Fsp3) is 0.200. The third-order valence-electron chi connectivity index (χ3n) is 1.59. The Morgan fingerprint density at radius 2 is 2.23 bits per heavy atom. The summed E-state index contributed by atoms with van der Waals surface area (Å²) in [5.41, 5.74) is 12.3. The smallest absolute Gasteiger partial charge is 0.120 e. The van der Waals surface area contributed by atoms with Gasteiger partial charge in [-0.3, -0.25) is 0 Å². The van der Waals surface area contributed by atoms with Gasteiger partial charge in [-0.2, -0.15) is 0 Å². The molecular weight excluding hydrogens is 164 g/mol. The van der Waals surface area contributed by atoms with Gasteiger partial charge in [0.2, 0.25) is 0 Å². The van der Waals surface area contributed by atoms with Crippen molar-refractivity contribution in [3.05, 3.63) is 23.8 Å². The molecule has 1 rings (SSSR count). The van der Waals surface area contributed by atoms with E-state index in [-0.39, 0.29) is 0 Å². The summed E-state index contributed by atoms with van der Waals surface area (Å²) in [4.78, 5) is 0. The van der Waals surface area contributed by atoms with Crippen molar-refractivity contribution in [2.45, 2.75) is 0 Å². The van der Waals surface area contributed by atoms with Crippen LogP contribution in [0.5, 0.6) is 5.75 Å². The first kappa shape index (κ1) is 9.43. The summed E-state index contributed by atoms with van der Waals surface area (Å²) in [6, 6.07) is 5.35. The fourth-order valence-corrected chi connectivity index (χ4v) is 0.917. The lowest BCUT2D eigenvalue weighted by Crippen LogP contribution is -1.95. The molecule has 1 aromatic carbocycles. The first-order valence-corrected chi connectivity index (χ1v) is 3.90. The van der Waals surface area contributed by atoms with Gasteiger partial charge in [0.25, 0.3) is 0 Å². The summed E-state index contributed by atoms with van der Waals surface area (Å²) in [5.74, 6) is 6.35. The maximum Gasteiger partial charge on any atom is 0.120 e. The number of nitrogen functional groups attached to an aromatic ring is 1. The normalized spacial score (nSPS) is 8.77. The first-order valence-electron chi connectivity index (χ1n) is 3.90. The maximum atomic E-state index is 5.69. The van der Waals surface area contributed by atoms with Gasteiger partial charge in [0, 0.05) is 5.69 Å². The van der Waals surface area contributed by atoms with Crippen molar-refractivity contribution in [1.29, 1.82) is 0 Å². The van der Waals surface area contributed by atoms with Crippen LogP contribution in [0, 0.1) is 11.8 Å². The standard InChI is InChI=1S/C10H12N2O/c1-13-9-4-5-10(12)8(7-9)3-2-6-11/h4-5,7H,6,11-12H2,1H3. The van der Waals surface area contributed by atoms with Crippen LogP contribution < -0.4 is 16.2 Å². The van der Waals surface area contributed by atoms with Crippen molar-refractivity contribution >= 4 is 5.69 Å². The fourth-order valence-electron chi connectivity index (χ4n) is 0.917. The molecule has 0 aromatic heterocycles. The second kappa shape index (κ2) is 4.39. The summed E-state index contributed by atoms with van der Waals surface area (Å²) >= 11 is 0. The zero-order valence-corrected chi connectivity index (χ0v) is 7.50. The largest absolute Gasteiger partial charge is 0.497 e. The van der Waals surface area contributed by atoms with Crippen molar-refractivity contribution in [2.24, 2.45) is 5.73 Å². The molecular formula is C10H12N2O. The predicted molar refractivity (Wildman–Crippen MR) is 53.3 cm³/mol. The Kier molecular flexibility index (Phi) is 3.18. The van der Waals surface area contributed by atoms with Gasteiger partial charge in [-0.1, -0.05) is 11.8 Å². The monoisotopic (exact) mass is 176 g/mol. The average molecular weight is 176 g/mol. The van der Waals surface area contributed by atoms with Gasteiger partial charge in [0.15, 0.2) is 0 Å². The Morgan fingerprint density at radius 1 is 1.46 bits per heavy atom. The number of ether oxygens (including phenoxy) is 1. The molecule has 4 N–H and O–H groups in total. The van der Waals surface area contributed by atoms with E-state index in [2.05, 4.69) is 11.8 Å². The van der Waals surface area contributed by atoms with Crippen LogP contribution in [-0.2, 0) is 0 Å². The van der Waals surface area contributed by atoms with Gasteiger partial charge in [-0.25, -0.2) is 0 Å². The Bertz CT molecular complexity index is 350. The number of hydrogen-bond acceptors (Lipinski definition) is 3. The van der Waals surface area contributed by atoms with Gasteiger partial charge in [0.05, 0.1) is 19.2 Å². The Labute approximate surface area is 77.7 Å². The third kappa shape index (κ3) is 2.39. The van der Waals surface area contributed by atoms with Crippen molar-refractivity contribution in [3.63, 3.8) is 0 Å². The van der Waals surface area contributed by atoms with E-state index < -0.39 is 0 Å². The van der Waals surface area contributed by atoms with Crippen LogP contribution in [0.1, 0.15) is 5.56 Å². The summed E-state index contributed by atoms with van der Waals surface area (Å²) in [6.07, 6.45) is 0. The number of methoxy groups -OCH3 is 1. The Morgan fingerprint density at radius 3 is 2.85 bits per heavy atom. The maximum absolute atomic E-state index is 5.69. The highest BCUT2D eigenvalue weighted by Crippen LogP contribution is 2.17. The van der Waals surface area contributed by atoms with Crippen LogP contribution in [0.15, 0.2) is 18.2 Å². The Hall–Kier alpha value is -1.66. The molecule has 0 unspecified atom stereocenters. The number of benzene rings is 1. The van der Waals surface area contributed by atoms with Gasteiger partial charge >= 0.3 is 0 Å². The molecule has 3 heteroatoms. The van der Waals surface area contributed by atoms with E-state index in [0.29, 0.717) is 12.2 Å². The van der Waals surface area contributed by atoms with E-state index in [9.17, 15) is 0 Å². The van der Waals surface area contributed by atoms with Crippen molar-refractivity contribution in [3.8, 4) is 17.6 Å². The molecule has 0 atom stereocenters. The molecule has 0 saturated heterocycles. The molecule has 0 heterocycles. The van der Waals surface area contributed by atoms with Crippen LogP contribution in [0.4, 0.5) is 5.69 Å².